The number of piperazine rings is 1. The molecule has 0 aliphatic carbocycles. The third kappa shape index (κ3) is 2.99. The molecule has 0 spiro atoms. The van der Waals surface area contributed by atoms with E-state index in [-0.39, 0.29) is 12.3 Å². The van der Waals surface area contributed by atoms with Gasteiger partial charge in [0.15, 0.2) is 0 Å². The fraction of sp³-hybridized carbons (Fsp3) is 0.778. The molecule has 0 N–H and O–H groups in total. The van der Waals surface area contributed by atoms with Crippen molar-refractivity contribution >= 4 is 11.9 Å². The van der Waals surface area contributed by atoms with E-state index in [0.717, 1.165) is 13.1 Å². The van der Waals surface area contributed by atoms with Crippen LogP contribution in [0, 0.1) is 0 Å². The van der Waals surface area contributed by atoms with Crippen molar-refractivity contribution in [1.82, 2.24) is 9.80 Å². The standard InChI is InChI=1S/C9H16N2O3/c1-10-3-5-11(6-4-10)8(12)7-9(13)14-2/h3-7H2,1-2H3. The molecule has 0 saturated carbocycles. The first kappa shape index (κ1) is 11.0. The molecule has 5 nitrogen and oxygen atoms in total. The smallest absolute Gasteiger partial charge is 0.315 e. The Bertz CT molecular complexity index is 222. The second kappa shape index (κ2) is 4.95. The molecule has 1 heterocycles. The highest BCUT2D eigenvalue weighted by molar-refractivity contribution is 5.94. The maximum Gasteiger partial charge on any atom is 0.315 e. The Balaban J connectivity index is 2.34. The quantitative estimate of drug-likeness (QED) is 0.438. The number of ether oxygens (including phenoxy) is 1. The van der Waals surface area contributed by atoms with Crippen LogP contribution in [0.2, 0.25) is 0 Å². The Morgan fingerprint density at radius 3 is 2.29 bits per heavy atom. The highest BCUT2D eigenvalue weighted by Gasteiger charge is 2.21. The fourth-order valence-electron chi connectivity index (χ4n) is 1.36. The van der Waals surface area contributed by atoms with Crippen LogP contribution in [-0.2, 0) is 14.3 Å². The maximum atomic E-state index is 11.5. The van der Waals surface area contributed by atoms with Gasteiger partial charge in [-0.1, -0.05) is 0 Å². The van der Waals surface area contributed by atoms with Gasteiger partial charge in [-0.2, -0.15) is 0 Å². The first-order chi connectivity index (χ1) is 6.63. The minimum absolute atomic E-state index is 0.134. The predicted octanol–water partition coefficient (Wildman–Crippen LogP) is -0.676. The third-order valence-corrected chi connectivity index (χ3v) is 2.38. The monoisotopic (exact) mass is 200 g/mol. The first-order valence-electron chi connectivity index (χ1n) is 4.66. The van der Waals surface area contributed by atoms with Crippen molar-refractivity contribution in [3.63, 3.8) is 0 Å². The lowest BCUT2D eigenvalue weighted by Crippen LogP contribution is -2.47. The lowest BCUT2D eigenvalue weighted by Gasteiger charge is -2.32. The van der Waals surface area contributed by atoms with E-state index in [4.69, 9.17) is 0 Å². The van der Waals surface area contributed by atoms with Gasteiger partial charge in [-0.05, 0) is 7.05 Å². The molecule has 1 amide bonds. The molecule has 0 aromatic carbocycles. The zero-order valence-electron chi connectivity index (χ0n) is 8.65. The van der Waals surface area contributed by atoms with Crippen molar-refractivity contribution < 1.29 is 14.3 Å². The molecule has 0 unspecified atom stereocenters. The predicted molar refractivity (Wildman–Crippen MR) is 50.7 cm³/mol. The summed E-state index contributed by atoms with van der Waals surface area (Å²) in [6.45, 7) is 3.14. The number of rotatable bonds is 2. The molecule has 1 aliphatic heterocycles. The Hall–Kier alpha value is -1.10. The number of amides is 1. The summed E-state index contributed by atoms with van der Waals surface area (Å²) in [6.07, 6.45) is -0.139. The number of likely N-dealkylation sites (N-methyl/N-ethyl adjacent to an activating group) is 1. The molecule has 80 valence electrons. The molecule has 0 aromatic rings. The van der Waals surface area contributed by atoms with Crippen molar-refractivity contribution in [2.45, 2.75) is 6.42 Å². The Labute approximate surface area is 83.6 Å². The fourth-order valence-corrected chi connectivity index (χ4v) is 1.36. The molecule has 14 heavy (non-hydrogen) atoms. The normalized spacial score (nSPS) is 18.0. The van der Waals surface area contributed by atoms with Crippen LogP contribution in [0.5, 0.6) is 0 Å². The minimum atomic E-state index is -0.464. The van der Waals surface area contributed by atoms with E-state index in [1.807, 2.05) is 7.05 Å². The summed E-state index contributed by atoms with van der Waals surface area (Å²) in [5.41, 5.74) is 0. The van der Waals surface area contributed by atoms with Crippen LogP contribution in [-0.4, -0.2) is 62.0 Å². The van der Waals surface area contributed by atoms with Gasteiger partial charge in [0.25, 0.3) is 0 Å². The van der Waals surface area contributed by atoms with Gasteiger partial charge in [-0.25, -0.2) is 0 Å². The maximum absolute atomic E-state index is 11.5. The van der Waals surface area contributed by atoms with E-state index >= 15 is 0 Å². The molecule has 0 radical (unpaired) electrons. The Morgan fingerprint density at radius 2 is 1.79 bits per heavy atom. The van der Waals surface area contributed by atoms with E-state index in [1.165, 1.54) is 7.11 Å². The van der Waals surface area contributed by atoms with Crippen molar-refractivity contribution in [3.8, 4) is 0 Å². The highest BCUT2D eigenvalue weighted by Crippen LogP contribution is 2.02. The van der Waals surface area contributed by atoms with Gasteiger partial charge in [-0.15, -0.1) is 0 Å². The van der Waals surface area contributed by atoms with Crippen LogP contribution >= 0.6 is 0 Å². The van der Waals surface area contributed by atoms with Crippen LogP contribution in [0.3, 0.4) is 0 Å². The van der Waals surface area contributed by atoms with Crippen molar-refractivity contribution in [3.05, 3.63) is 0 Å². The second-order valence-corrected chi connectivity index (χ2v) is 3.44. The molecule has 1 aliphatic rings. The molecular formula is C9H16N2O3. The van der Waals surface area contributed by atoms with Crippen LogP contribution in [0.4, 0.5) is 0 Å². The van der Waals surface area contributed by atoms with Gasteiger partial charge in [0.05, 0.1) is 7.11 Å². The van der Waals surface area contributed by atoms with Crippen molar-refractivity contribution in [2.75, 3.05) is 40.3 Å². The first-order valence-corrected chi connectivity index (χ1v) is 4.66. The van der Waals surface area contributed by atoms with Gasteiger partial charge in [0.1, 0.15) is 6.42 Å². The number of hydrogen-bond donors (Lipinski definition) is 0. The van der Waals surface area contributed by atoms with E-state index in [9.17, 15) is 9.59 Å². The van der Waals surface area contributed by atoms with Crippen molar-refractivity contribution in [1.29, 1.82) is 0 Å². The zero-order valence-corrected chi connectivity index (χ0v) is 8.65. The van der Waals surface area contributed by atoms with Crippen LogP contribution < -0.4 is 0 Å². The number of nitrogens with zero attached hydrogens (tertiary/aromatic N) is 2. The van der Waals surface area contributed by atoms with E-state index < -0.39 is 5.97 Å². The van der Waals surface area contributed by atoms with Gasteiger partial charge >= 0.3 is 5.97 Å². The largest absolute Gasteiger partial charge is 0.469 e. The number of hydrogen-bond acceptors (Lipinski definition) is 4. The van der Waals surface area contributed by atoms with Crippen LogP contribution in [0.15, 0.2) is 0 Å². The highest BCUT2D eigenvalue weighted by atomic mass is 16.5. The Morgan fingerprint density at radius 1 is 1.21 bits per heavy atom. The van der Waals surface area contributed by atoms with Gasteiger partial charge in [-0.3, -0.25) is 9.59 Å². The third-order valence-electron chi connectivity index (χ3n) is 2.38. The molecule has 0 aromatic heterocycles. The summed E-state index contributed by atoms with van der Waals surface area (Å²) in [7, 11) is 3.31. The van der Waals surface area contributed by atoms with Gasteiger partial charge in [0, 0.05) is 26.2 Å². The lowest BCUT2D eigenvalue weighted by molar-refractivity contribution is -0.147. The van der Waals surface area contributed by atoms with E-state index in [1.54, 1.807) is 4.90 Å². The Kier molecular flexibility index (Phi) is 3.88. The lowest BCUT2D eigenvalue weighted by atomic mass is 10.3. The molecule has 5 heteroatoms. The summed E-state index contributed by atoms with van der Waals surface area (Å²) in [5.74, 6) is -0.598. The summed E-state index contributed by atoms with van der Waals surface area (Å²) in [5, 5.41) is 0. The molecular weight excluding hydrogens is 184 g/mol. The molecule has 1 rings (SSSR count). The zero-order chi connectivity index (χ0) is 10.6. The topological polar surface area (TPSA) is 49.9 Å². The molecule has 1 saturated heterocycles. The number of methoxy groups -OCH3 is 1. The summed E-state index contributed by atoms with van der Waals surface area (Å²) >= 11 is 0. The molecule has 1 fully saturated rings. The summed E-state index contributed by atoms with van der Waals surface area (Å²) in [4.78, 5) is 26.2. The average molecular weight is 200 g/mol. The molecule has 0 atom stereocenters. The average Bonchev–Trinajstić information content (AvgIpc) is 2.18. The summed E-state index contributed by atoms with van der Waals surface area (Å²) in [6, 6.07) is 0. The SMILES string of the molecule is COC(=O)CC(=O)N1CCN(C)CC1. The second-order valence-electron chi connectivity index (χ2n) is 3.44. The van der Waals surface area contributed by atoms with Crippen molar-refractivity contribution in [2.24, 2.45) is 0 Å². The van der Waals surface area contributed by atoms with Gasteiger partial charge < -0.3 is 14.5 Å². The number of esters is 1. The number of carbonyl (C=O) groups is 2. The minimum Gasteiger partial charge on any atom is -0.469 e. The van der Waals surface area contributed by atoms with Crippen LogP contribution in [0.25, 0.3) is 0 Å². The van der Waals surface area contributed by atoms with Gasteiger partial charge in [0.2, 0.25) is 5.91 Å². The van der Waals surface area contributed by atoms with E-state index in [0.29, 0.717) is 13.1 Å². The van der Waals surface area contributed by atoms with Crippen LogP contribution in [0.1, 0.15) is 6.42 Å². The molecule has 0 bridgehead atoms. The summed E-state index contributed by atoms with van der Waals surface area (Å²) < 4.78 is 4.44. The number of carbonyl (C=O) groups excluding carboxylic acids is 2. The van der Waals surface area contributed by atoms with E-state index in [2.05, 4.69) is 9.64 Å².